The van der Waals surface area contributed by atoms with Crippen LogP contribution in [-0.4, -0.2) is 104 Å². The number of amides is 2. The van der Waals surface area contributed by atoms with Crippen LogP contribution in [0.4, 0.5) is 10.5 Å². The van der Waals surface area contributed by atoms with Crippen molar-refractivity contribution in [2.24, 2.45) is 5.92 Å². The van der Waals surface area contributed by atoms with Crippen molar-refractivity contribution in [3.63, 3.8) is 0 Å². The number of aliphatic hydroxyl groups is 1. The van der Waals surface area contributed by atoms with Crippen LogP contribution in [0.3, 0.4) is 0 Å². The lowest BCUT2D eigenvalue weighted by molar-refractivity contribution is -0.142. The Morgan fingerprint density at radius 1 is 0.915 bits per heavy atom. The van der Waals surface area contributed by atoms with Crippen LogP contribution in [0.1, 0.15) is 30.7 Å². The van der Waals surface area contributed by atoms with Gasteiger partial charge in [-0.1, -0.05) is 36.4 Å². The molecule has 5 heterocycles. The lowest BCUT2D eigenvalue weighted by Crippen LogP contribution is -2.53. The fourth-order valence-corrected chi connectivity index (χ4v) is 7.35. The average molecular weight is 641 g/mol. The highest BCUT2D eigenvalue weighted by Gasteiger charge is 2.41. The molecule has 0 radical (unpaired) electrons. The minimum absolute atomic E-state index is 0.00905. The number of fused-ring (bicyclic) bond motifs is 1. The van der Waals surface area contributed by atoms with Crippen LogP contribution in [0, 0.1) is 5.92 Å². The maximum Gasteiger partial charge on any atom is 0.407 e. The van der Waals surface area contributed by atoms with E-state index in [4.69, 9.17) is 4.74 Å². The van der Waals surface area contributed by atoms with Crippen molar-refractivity contribution >= 4 is 28.7 Å². The Morgan fingerprint density at radius 2 is 1.66 bits per heavy atom. The van der Waals surface area contributed by atoms with Gasteiger partial charge in [-0.3, -0.25) is 14.2 Å². The summed E-state index contributed by atoms with van der Waals surface area (Å²) in [5, 5.41) is 21.7. The standard InChI is InChI=1S/C35H40N6O6/c42-32(28-9-13-39(34(44)45)22-30(28)25-5-2-1-3-6-25)38-15-11-35(46,12-16-38)23-40-24-36-31-29(33(40)43)10-14-41(31)27-8-4-7-26(21-27)37-17-19-47-20-18-37/h1-8,10,14,21,24,28,30,46H,9,11-13,15-20,22-23H2,(H,44,45)/t28-,30+/m1/s1. The number of ether oxygens (including phenoxy) is 1. The minimum Gasteiger partial charge on any atom is -0.465 e. The van der Waals surface area contributed by atoms with Crippen molar-refractivity contribution in [3.8, 4) is 5.69 Å². The smallest absolute Gasteiger partial charge is 0.407 e. The number of hydrogen-bond donors (Lipinski definition) is 2. The Kier molecular flexibility index (Phi) is 8.46. The van der Waals surface area contributed by atoms with E-state index in [1.54, 1.807) is 11.0 Å². The van der Waals surface area contributed by atoms with Gasteiger partial charge in [0.25, 0.3) is 5.56 Å². The van der Waals surface area contributed by atoms with E-state index < -0.39 is 11.7 Å². The number of nitrogens with zero attached hydrogens (tertiary/aromatic N) is 6. The summed E-state index contributed by atoms with van der Waals surface area (Å²) in [6.07, 6.45) is 3.47. The van der Waals surface area contributed by atoms with Gasteiger partial charge in [0.15, 0.2) is 5.65 Å². The lowest BCUT2D eigenvalue weighted by Gasteiger charge is -2.42. The van der Waals surface area contributed by atoms with Crippen molar-refractivity contribution in [1.29, 1.82) is 0 Å². The molecule has 3 aliphatic heterocycles. The van der Waals surface area contributed by atoms with Gasteiger partial charge in [-0.25, -0.2) is 9.78 Å². The van der Waals surface area contributed by atoms with Gasteiger partial charge in [0.1, 0.15) is 6.33 Å². The Bertz CT molecular complexity index is 1810. The molecule has 7 rings (SSSR count). The van der Waals surface area contributed by atoms with Gasteiger partial charge >= 0.3 is 6.09 Å². The number of morpholine rings is 1. The van der Waals surface area contributed by atoms with E-state index in [-0.39, 0.29) is 36.4 Å². The molecule has 12 heteroatoms. The summed E-state index contributed by atoms with van der Waals surface area (Å²) in [6, 6.07) is 19.5. The van der Waals surface area contributed by atoms with Crippen molar-refractivity contribution in [2.45, 2.75) is 37.3 Å². The van der Waals surface area contributed by atoms with Crippen LogP contribution in [0.25, 0.3) is 16.7 Å². The first-order chi connectivity index (χ1) is 22.8. The van der Waals surface area contributed by atoms with E-state index in [2.05, 4.69) is 22.0 Å². The average Bonchev–Trinajstić information content (AvgIpc) is 3.55. The van der Waals surface area contributed by atoms with E-state index >= 15 is 0 Å². The molecule has 246 valence electrons. The second kappa shape index (κ2) is 12.8. The molecular weight excluding hydrogens is 600 g/mol. The molecule has 2 N–H and O–H groups in total. The molecule has 0 spiro atoms. The van der Waals surface area contributed by atoms with Crippen molar-refractivity contribution in [3.05, 3.63) is 89.1 Å². The highest BCUT2D eigenvalue weighted by atomic mass is 16.5. The largest absolute Gasteiger partial charge is 0.465 e. The molecule has 47 heavy (non-hydrogen) atoms. The predicted molar refractivity (Wildman–Crippen MR) is 176 cm³/mol. The van der Waals surface area contributed by atoms with Crippen molar-refractivity contribution in [1.82, 2.24) is 23.9 Å². The number of likely N-dealkylation sites (tertiary alicyclic amines) is 2. The van der Waals surface area contributed by atoms with E-state index in [1.807, 2.05) is 53.2 Å². The van der Waals surface area contributed by atoms with Crippen molar-refractivity contribution < 1.29 is 24.5 Å². The fraction of sp³-hybridized carbons (Fsp3) is 0.429. The zero-order valence-corrected chi connectivity index (χ0v) is 26.3. The van der Waals surface area contributed by atoms with Crippen LogP contribution >= 0.6 is 0 Å². The number of carbonyl (C=O) groups is 2. The summed E-state index contributed by atoms with van der Waals surface area (Å²) in [5.41, 5.74) is 2.12. The number of benzene rings is 2. The zero-order chi connectivity index (χ0) is 32.5. The van der Waals surface area contributed by atoms with Gasteiger partial charge in [0, 0.05) is 68.7 Å². The normalized spacial score (nSPS) is 21.6. The molecule has 2 atom stereocenters. The summed E-state index contributed by atoms with van der Waals surface area (Å²) in [6.45, 7) is 4.42. The van der Waals surface area contributed by atoms with Crippen LogP contribution in [0.15, 0.2) is 78.0 Å². The summed E-state index contributed by atoms with van der Waals surface area (Å²) in [4.78, 5) is 49.2. The number of carboxylic acid groups (broad SMARTS) is 1. The Hall–Kier alpha value is -4.68. The number of piperidine rings is 2. The van der Waals surface area contributed by atoms with Gasteiger partial charge in [0.05, 0.1) is 30.7 Å². The Balaban J connectivity index is 1.04. The molecule has 0 aliphatic carbocycles. The second-order valence-electron chi connectivity index (χ2n) is 12.9. The zero-order valence-electron chi connectivity index (χ0n) is 26.3. The summed E-state index contributed by atoms with van der Waals surface area (Å²) in [5.74, 6) is -0.586. The number of hydrogen-bond acceptors (Lipinski definition) is 7. The SMILES string of the molecule is O=C(O)N1CC[C@@H](C(=O)N2CCC(O)(Cn3cnc4c(ccn4-c4cccc(N5CCOCC5)c4)c3=O)CC2)[C@H](c2ccccc2)C1. The number of anilines is 1. The minimum atomic E-state index is -1.17. The third-order valence-corrected chi connectivity index (χ3v) is 10.1. The topological polar surface area (TPSA) is 133 Å². The van der Waals surface area contributed by atoms with Crippen molar-refractivity contribution in [2.75, 3.05) is 57.4 Å². The third-order valence-electron chi connectivity index (χ3n) is 10.1. The summed E-state index contributed by atoms with van der Waals surface area (Å²) < 4.78 is 8.87. The molecule has 0 bridgehead atoms. The number of aromatic nitrogens is 3. The molecule has 4 aromatic rings. The molecule has 0 saturated carbocycles. The molecule has 0 unspecified atom stereocenters. The quantitative estimate of drug-likeness (QED) is 0.329. The van der Waals surface area contributed by atoms with Crippen LogP contribution in [0.5, 0.6) is 0 Å². The van der Waals surface area contributed by atoms with Gasteiger partial charge in [0.2, 0.25) is 5.91 Å². The van der Waals surface area contributed by atoms with Crippen LogP contribution in [0.2, 0.25) is 0 Å². The van der Waals surface area contributed by atoms with Gasteiger partial charge in [-0.15, -0.1) is 0 Å². The summed E-state index contributed by atoms with van der Waals surface area (Å²) in [7, 11) is 0. The maximum absolute atomic E-state index is 13.8. The monoisotopic (exact) mass is 640 g/mol. The molecule has 3 aliphatic rings. The molecular formula is C35H40N6O6. The van der Waals surface area contributed by atoms with Gasteiger partial charge in [-0.05, 0) is 49.1 Å². The van der Waals surface area contributed by atoms with E-state index in [0.29, 0.717) is 63.1 Å². The third kappa shape index (κ3) is 6.22. The first kappa shape index (κ1) is 30.9. The first-order valence-corrected chi connectivity index (χ1v) is 16.3. The molecule has 12 nitrogen and oxygen atoms in total. The van der Waals surface area contributed by atoms with E-state index in [9.17, 15) is 24.6 Å². The van der Waals surface area contributed by atoms with Gasteiger partial charge in [-0.2, -0.15) is 0 Å². The summed E-state index contributed by atoms with van der Waals surface area (Å²) >= 11 is 0. The maximum atomic E-state index is 13.8. The van der Waals surface area contributed by atoms with Crippen LogP contribution in [-0.2, 0) is 16.1 Å². The number of carbonyl (C=O) groups excluding carboxylic acids is 1. The van der Waals surface area contributed by atoms with Crippen LogP contribution < -0.4 is 10.5 Å². The Labute approximate surface area is 272 Å². The van der Waals surface area contributed by atoms with Gasteiger partial charge < -0.3 is 34.2 Å². The second-order valence-corrected chi connectivity index (χ2v) is 12.9. The molecule has 3 fully saturated rings. The van der Waals surface area contributed by atoms with E-state index in [0.717, 1.165) is 30.0 Å². The number of rotatable bonds is 6. The molecule has 3 saturated heterocycles. The Morgan fingerprint density at radius 3 is 2.40 bits per heavy atom. The molecule has 2 amide bonds. The van der Waals surface area contributed by atoms with E-state index in [1.165, 1.54) is 15.8 Å². The predicted octanol–water partition coefficient (Wildman–Crippen LogP) is 3.16. The highest BCUT2D eigenvalue weighted by molar-refractivity contribution is 5.81. The lowest BCUT2D eigenvalue weighted by atomic mass is 9.79. The first-order valence-electron chi connectivity index (χ1n) is 16.3. The fourth-order valence-electron chi connectivity index (χ4n) is 7.35. The molecule has 2 aromatic carbocycles. The highest BCUT2D eigenvalue weighted by Crippen LogP contribution is 2.35. The molecule has 2 aromatic heterocycles.